The number of Topliss-reactive ketones (excluding diaryl/α,β-unsaturated/α-hetero) is 1. The first-order chi connectivity index (χ1) is 7.25. The minimum absolute atomic E-state index is 0.156. The molecule has 0 amide bonds. The van der Waals surface area contributed by atoms with Gasteiger partial charge in [0.2, 0.25) is 0 Å². The van der Waals surface area contributed by atoms with Gasteiger partial charge in [0.25, 0.3) is 0 Å². The summed E-state index contributed by atoms with van der Waals surface area (Å²) in [6.45, 7) is 0.688. The monoisotopic (exact) mass is 288 g/mol. The number of benzene rings is 1. The van der Waals surface area contributed by atoms with Gasteiger partial charge in [0.05, 0.1) is 12.4 Å². The van der Waals surface area contributed by atoms with Crippen LogP contribution in [-0.4, -0.2) is 31.0 Å². The highest BCUT2D eigenvalue weighted by molar-refractivity contribution is 9.10. The van der Waals surface area contributed by atoms with Crippen molar-refractivity contribution in [2.24, 2.45) is 0 Å². The standard InChI is InChI=1S/C11H13BrO2S/c1-14-6-7-15-8-11(13)9-4-2-3-5-10(9)12/h2-5H,6-8H2,1H3. The summed E-state index contributed by atoms with van der Waals surface area (Å²) < 4.78 is 5.77. The predicted molar refractivity (Wildman–Crippen MR) is 67.7 cm³/mol. The number of ketones is 1. The van der Waals surface area contributed by atoms with Gasteiger partial charge in [-0.3, -0.25) is 4.79 Å². The maximum atomic E-state index is 11.7. The Morgan fingerprint density at radius 1 is 1.47 bits per heavy atom. The van der Waals surface area contributed by atoms with Crippen LogP contribution in [0.1, 0.15) is 10.4 Å². The Labute approximate surface area is 103 Å². The molecule has 1 rings (SSSR count). The first-order valence-corrected chi connectivity index (χ1v) is 6.55. The third kappa shape index (κ3) is 4.36. The van der Waals surface area contributed by atoms with E-state index < -0.39 is 0 Å². The highest BCUT2D eigenvalue weighted by atomic mass is 79.9. The zero-order chi connectivity index (χ0) is 11.1. The molecule has 0 aliphatic carbocycles. The largest absolute Gasteiger partial charge is 0.384 e. The number of rotatable bonds is 6. The van der Waals surface area contributed by atoms with Gasteiger partial charge in [-0.1, -0.05) is 34.1 Å². The minimum atomic E-state index is 0.156. The summed E-state index contributed by atoms with van der Waals surface area (Å²) >= 11 is 4.96. The van der Waals surface area contributed by atoms with Crippen LogP contribution in [0.2, 0.25) is 0 Å². The van der Waals surface area contributed by atoms with Crippen molar-refractivity contribution in [3.05, 3.63) is 34.3 Å². The molecular formula is C11H13BrO2S. The number of carbonyl (C=O) groups is 1. The summed E-state index contributed by atoms with van der Waals surface area (Å²) in [7, 11) is 1.66. The summed E-state index contributed by atoms with van der Waals surface area (Å²) in [5.41, 5.74) is 0.752. The van der Waals surface area contributed by atoms with E-state index in [0.29, 0.717) is 12.4 Å². The molecule has 0 aliphatic rings. The zero-order valence-electron chi connectivity index (χ0n) is 8.53. The van der Waals surface area contributed by atoms with Gasteiger partial charge in [-0.15, -0.1) is 0 Å². The van der Waals surface area contributed by atoms with Crippen molar-refractivity contribution in [1.29, 1.82) is 0 Å². The third-order valence-electron chi connectivity index (χ3n) is 1.84. The topological polar surface area (TPSA) is 26.3 Å². The average Bonchev–Trinajstić information content (AvgIpc) is 2.25. The quantitative estimate of drug-likeness (QED) is 0.595. The van der Waals surface area contributed by atoms with E-state index in [9.17, 15) is 4.79 Å². The smallest absolute Gasteiger partial charge is 0.173 e. The van der Waals surface area contributed by atoms with Crippen LogP contribution in [-0.2, 0) is 4.74 Å². The van der Waals surface area contributed by atoms with E-state index in [1.807, 2.05) is 24.3 Å². The Hall–Kier alpha value is -0.320. The molecule has 0 N–H and O–H groups in total. The van der Waals surface area contributed by atoms with Crippen LogP contribution in [0.4, 0.5) is 0 Å². The Balaban J connectivity index is 2.44. The van der Waals surface area contributed by atoms with Crippen LogP contribution in [0.3, 0.4) is 0 Å². The molecule has 0 saturated carbocycles. The van der Waals surface area contributed by atoms with Crippen molar-refractivity contribution in [1.82, 2.24) is 0 Å². The van der Waals surface area contributed by atoms with E-state index in [2.05, 4.69) is 15.9 Å². The Morgan fingerprint density at radius 2 is 2.20 bits per heavy atom. The normalized spacial score (nSPS) is 10.3. The van der Waals surface area contributed by atoms with Crippen LogP contribution in [0.15, 0.2) is 28.7 Å². The summed E-state index contributed by atoms with van der Waals surface area (Å²) in [5.74, 6) is 1.52. The highest BCUT2D eigenvalue weighted by Crippen LogP contribution is 2.18. The SMILES string of the molecule is COCCSCC(=O)c1ccccc1Br. The molecule has 1 aromatic rings. The number of carbonyl (C=O) groups excluding carboxylic acids is 1. The average molecular weight is 289 g/mol. The molecule has 0 atom stereocenters. The Morgan fingerprint density at radius 3 is 2.87 bits per heavy atom. The van der Waals surface area contributed by atoms with Gasteiger partial charge < -0.3 is 4.74 Å². The van der Waals surface area contributed by atoms with Crippen molar-refractivity contribution < 1.29 is 9.53 Å². The van der Waals surface area contributed by atoms with Gasteiger partial charge in [-0.25, -0.2) is 0 Å². The van der Waals surface area contributed by atoms with E-state index in [0.717, 1.165) is 15.8 Å². The van der Waals surface area contributed by atoms with Gasteiger partial charge in [0.1, 0.15) is 0 Å². The van der Waals surface area contributed by atoms with Gasteiger partial charge in [0, 0.05) is 22.9 Å². The van der Waals surface area contributed by atoms with Gasteiger partial charge in [-0.2, -0.15) is 11.8 Å². The fraction of sp³-hybridized carbons (Fsp3) is 0.364. The van der Waals surface area contributed by atoms with Crippen LogP contribution in [0.5, 0.6) is 0 Å². The lowest BCUT2D eigenvalue weighted by atomic mass is 10.1. The third-order valence-corrected chi connectivity index (χ3v) is 3.45. The number of methoxy groups -OCH3 is 1. The van der Waals surface area contributed by atoms with Crippen molar-refractivity contribution in [2.45, 2.75) is 0 Å². The fourth-order valence-electron chi connectivity index (χ4n) is 1.07. The summed E-state index contributed by atoms with van der Waals surface area (Å²) in [6, 6.07) is 7.49. The molecule has 2 nitrogen and oxygen atoms in total. The number of hydrogen-bond donors (Lipinski definition) is 0. The Bertz CT molecular complexity index is 328. The lowest BCUT2D eigenvalue weighted by Gasteiger charge is -2.03. The van der Waals surface area contributed by atoms with Crippen LogP contribution in [0.25, 0.3) is 0 Å². The van der Waals surface area contributed by atoms with E-state index in [1.54, 1.807) is 18.9 Å². The lowest BCUT2D eigenvalue weighted by Crippen LogP contribution is -2.05. The molecule has 0 heterocycles. The first kappa shape index (κ1) is 12.7. The maximum Gasteiger partial charge on any atom is 0.173 e. The second-order valence-corrected chi connectivity index (χ2v) is 4.91. The summed E-state index contributed by atoms with van der Waals surface area (Å²) in [6.07, 6.45) is 0. The molecule has 15 heavy (non-hydrogen) atoms. The number of halogens is 1. The molecule has 0 unspecified atom stereocenters. The molecule has 0 radical (unpaired) electrons. The van der Waals surface area contributed by atoms with Crippen LogP contribution >= 0.6 is 27.7 Å². The van der Waals surface area contributed by atoms with Gasteiger partial charge in [0.15, 0.2) is 5.78 Å². The molecule has 0 saturated heterocycles. The van der Waals surface area contributed by atoms with Crippen molar-refractivity contribution in [2.75, 3.05) is 25.2 Å². The van der Waals surface area contributed by atoms with Crippen molar-refractivity contribution >= 4 is 33.5 Å². The van der Waals surface area contributed by atoms with E-state index in [-0.39, 0.29) is 5.78 Å². The van der Waals surface area contributed by atoms with E-state index >= 15 is 0 Å². The first-order valence-electron chi connectivity index (χ1n) is 4.60. The number of hydrogen-bond acceptors (Lipinski definition) is 3. The molecule has 0 spiro atoms. The second kappa shape index (κ2) is 7.04. The minimum Gasteiger partial charge on any atom is -0.384 e. The molecule has 1 aromatic carbocycles. The second-order valence-electron chi connectivity index (χ2n) is 2.95. The molecule has 82 valence electrons. The Kier molecular flexibility index (Phi) is 5.98. The van der Waals surface area contributed by atoms with Crippen molar-refractivity contribution in [3.63, 3.8) is 0 Å². The molecule has 0 aliphatic heterocycles. The van der Waals surface area contributed by atoms with Crippen LogP contribution in [0, 0.1) is 0 Å². The fourth-order valence-corrected chi connectivity index (χ4v) is 2.35. The van der Waals surface area contributed by atoms with Crippen LogP contribution < -0.4 is 0 Å². The zero-order valence-corrected chi connectivity index (χ0v) is 10.9. The molecule has 0 aromatic heterocycles. The van der Waals surface area contributed by atoms with Gasteiger partial charge in [-0.05, 0) is 6.07 Å². The lowest BCUT2D eigenvalue weighted by molar-refractivity contribution is 0.102. The molecule has 4 heteroatoms. The summed E-state index contributed by atoms with van der Waals surface area (Å²) in [5, 5.41) is 0. The van der Waals surface area contributed by atoms with E-state index in [4.69, 9.17) is 4.74 Å². The molecule has 0 fully saturated rings. The summed E-state index contributed by atoms with van der Waals surface area (Å²) in [4.78, 5) is 11.7. The predicted octanol–water partition coefficient (Wildman–Crippen LogP) is 3.01. The highest BCUT2D eigenvalue weighted by Gasteiger charge is 2.08. The van der Waals surface area contributed by atoms with E-state index in [1.165, 1.54) is 0 Å². The maximum absolute atomic E-state index is 11.7. The molecular weight excluding hydrogens is 276 g/mol. The number of thioether (sulfide) groups is 1. The molecule has 0 bridgehead atoms. The van der Waals surface area contributed by atoms with Crippen molar-refractivity contribution in [3.8, 4) is 0 Å². The van der Waals surface area contributed by atoms with Gasteiger partial charge >= 0.3 is 0 Å². The number of ether oxygens (including phenoxy) is 1.